The molecular weight excluding hydrogens is 685 g/mol. The zero-order valence-corrected chi connectivity index (χ0v) is 27.4. The third-order valence-electron chi connectivity index (χ3n) is 5.42. The number of aliphatic hydroxyl groups excluding tert-OH is 1. The van der Waals surface area contributed by atoms with Crippen LogP contribution in [0.2, 0.25) is 0 Å². The number of hydroxylamine groups is 3. The first-order chi connectivity index (χ1) is 24.4. The van der Waals surface area contributed by atoms with Gasteiger partial charge in [-0.3, -0.25) is 29.7 Å². The summed E-state index contributed by atoms with van der Waals surface area (Å²) < 4.78 is 17.2. The summed E-state index contributed by atoms with van der Waals surface area (Å²) in [5.74, 6) is -0.0361. The summed E-state index contributed by atoms with van der Waals surface area (Å²) in [6.07, 6.45) is -0.441. The highest BCUT2D eigenvalue weighted by molar-refractivity contribution is 5.98. The van der Waals surface area contributed by atoms with E-state index in [-0.39, 0.29) is 81.8 Å². The molecule has 0 saturated carbocycles. The maximum absolute atomic E-state index is 12.2. The number of anilines is 2. The van der Waals surface area contributed by atoms with Crippen LogP contribution in [0.1, 0.15) is 22.5 Å². The Morgan fingerprint density at radius 3 is 2.29 bits per heavy atom. The van der Waals surface area contributed by atoms with Crippen molar-refractivity contribution in [1.29, 1.82) is 0 Å². The number of aromatic amines is 2. The van der Waals surface area contributed by atoms with Crippen molar-refractivity contribution in [2.24, 2.45) is 10.2 Å². The number of carbonyl (C=O) groups excluding carboxylic acids is 3. The molecule has 2 aromatic rings. The number of nitroso groups, excluding NO2 is 1. The van der Waals surface area contributed by atoms with Crippen LogP contribution in [-0.2, 0) is 41.2 Å². The number of aliphatic hydroxyl groups is 1. The molecule has 274 valence electrons. The lowest BCUT2D eigenvalue weighted by Crippen LogP contribution is -2.37. The minimum atomic E-state index is -1.27. The number of alkyl carbamates (subject to hydrolysis) is 1. The number of nitrogens with zero attached hydrogens (tertiary/aromatic N) is 5. The maximum Gasteiger partial charge on any atom is 0.408 e. The fourth-order valence-corrected chi connectivity index (χ4v) is 3.21. The molecule has 6 radical (unpaired) electrons. The number of nitrogens with one attached hydrogen (secondary N) is 6. The molecule has 0 aliphatic carbocycles. The molecular formula is C23H35B3N12O13. The van der Waals surface area contributed by atoms with Crippen LogP contribution in [0.5, 0.6) is 0 Å². The molecule has 0 aliphatic heterocycles. The molecule has 1 unspecified atom stereocenters. The lowest BCUT2D eigenvalue weighted by Gasteiger charge is -2.14. The second-order valence-electron chi connectivity index (χ2n) is 9.00. The number of amides is 3. The van der Waals surface area contributed by atoms with E-state index in [2.05, 4.69) is 78.4 Å². The van der Waals surface area contributed by atoms with Crippen molar-refractivity contribution in [3.63, 3.8) is 0 Å². The zero-order valence-electron chi connectivity index (χ0n) is 27.4. The Balaban J connectivity index is 0.000000963. The average Bonchev–Trinajstić information content (AvgIpc) is 3.08. The molecule has 1 atom stereocenters. The number of nitrogen functional groups attached to an aromatic ring is 1. The summed E-state index contributed by atoms with van der Waals surface area (Å²) in [6, 6.07) is -0.783. The van der Waals surface area contributed by atoms with Gasteiger partial charge in [-0.05, 0) is 19.0 Å². The number of H-pyrrole nitrogens is 2. The monoisotopic (exact) mass is 720 g/mol. The van der Waals surface area contributed by atoms with Gasteiger partial charge in [0.05, 0.1) is 24.5 Å². The molecule has 3 amide bonds. The fourth-order valence-electron chi connectivity index (χ4n) is 3.21. The van der Waals surface area contributed by atoms with Gasteiger partial charge in [0.1, 0.15) is 20.1 Å². The smallest absolute Gasteiger partial charge is 0.408 e. The summed E-state index contributed by atoms with van der Waals surface area (Å²) in [6.45, 7) is 2.06. The van der Waals surface area contributed by atoms with Gasteiger partial charge in [-0.2, -0.15) is 10.5 Å². The van der Waals surface area contributed by atoms with Crippen molar-refractivity contribution < 1.29 is 48.2 Å². The second-order valence-corrected chi connectivity index (χ2v) is 9.00. The number of aromatic nitrogens is 4. The first kappa shape index (κ1) is 46.0. The van der Waals surface area contributed by atoms with E-state index < -0.39 is 23.9 Å². The third kappa shape index (κ3) is 20.9. The molecule has 0 aliphatic rings. The van der Waals surface area contributed by atoms with E-state index in [1.165, 1.54) is 13.0 Å². The van der Waals surface area contributed by atoms with E-state index in [1.807, 2.05) is 0 Å². The molecule has 0 spiro atoms. The van der Waals surface area contributed by atoms with Crippen LogP contribution in [0, 0.1) is 18.8 Å². The fraction of sp³-hybridized carbons (Fsp3) is 0.522. The Bertz CT molecular complexity index is 1510. The number of aliphatic imine (C=N–C) groups is 1. The van der Waals surface area contributed by atoms with Gasteiger partial charge in [0.2, 0.25) is 18.0 Å². The van der Waals surface area contributed by atoms with Crippen molar-refractivity contribution >= 4 is 54.2 Å². The van der Waals surface area contributed by atoms with E-state index in [1.54, 1.807) is 6.92 Å². The third-order valence-corrected chi connectivity index (χ3v) is 5.42. The summed E-state index contributed by atoms with van der Waals surface area (Å²) in [7, 11) is 14.1. The highest BCUT2D eigenvalue weighted by Gasteiger charge is 2.13. The highest BCUT2D eigenvalue weighted by Crippen LogP contribution is 2.04. The Labute approximate surface area is 292 Å². The Morgan fingerprint density at radius 2 is 1.73 bits per heavy atom. The van der Waals surface area contributed by atoms with Gasteiger partial charge in [0.25, 0.3) is 35.3 Å². The zero-order chi connectivity index (χ0) is 38.6. The molecule has 0 fully saturated rings. The lowest BCUT2D eigenvalue weighted by atomic mass is 10.2. The van der Waals surface area contributed by atoms with Crippen LogP contribution in [-0.4, -0.2) is 131 Å². The molecule has 2 aromatic heterocycles. The maximum atomic E-state index is 12.2. The molecule has 25 nitrogen and oxygen atoms in total. The Morgan fingerprint density at radius 1 is 1.06 bits per heavy atom. The van der Waals surface area contributed by atoms with Gasteiger partial charge in [0, 0.05) is 30.6 Å². The standard InChI is InChI=1S/C13H19B2N7O8.C7H11N3O2.C3H5BN2O3/c1-7-8(2-3-28-13(25)17-5-22(27)6-29-14)10(23)19-11(18-7)20-12(24)16-4-9(21-26)30-15;1-4-5(2-3-11)6(12)10-7(8)9-4;4-8-3-9-6-1-5-2-7/h9,27H,2-6H2,1H3,(H,17,25)(H3,16,18,19,20,23,24);11H,2-3H2,1H3,(H3,8,9,10,12);6H,1,3H2. The lowest BCUT2D eigenvalue weighted by molar-refractivity contribution is -0.136. The largest absolute Gasteiger partial charge is 0.449 e. The van der Waals surface area contributed by atoms with Crippen LogP contribution in [0.15, 0.2) is 19.8 Å². The predicted octanol–water partition coefficient (Wildman–Crippen LogP) is -3.58. The SMILES string of the molecule is Cc1nc(N)[nH]c(=O)c1CCO.[B]OCN(O)CNC(=O)OCCc1c(C)nc(NC(=O)NCC(N=O)O[B])[nH]c1=O.[B]OCONCN=C=O. The van der Waals surface area contributed by atoms with Crippen LogP contribution >= 0.6 is 0 Å². The van der Waals surface area contributed by atoms with Crippen molar-refractivity contribution in [3.8, 4) is 0 Å². The topological polar surface area (TPSA) is 348 Å². The predicted molar refractivity (Wildman–Crippen MR) is 175 cm³/mol. The Kier molecular flexibility index (Phi) is 25.0. The van der Waals surface area contributed by atoms with Gasteiger partial charge >= 0.3 is 12.1 Å². The number of isocyanates is 1. The summed E-state index contributed by atoms with van der Waals surface area (Å²) >= 11 is 0. The van der Waals surface area contributed by atoms with Crippen molar-refractivity contribution in [3.05, 3.63) is 48.1 Å². The van der Waals surface area contributed by atoms with E-state index in [9.17, 15) is 34.1 Å². The second kappa shape index (κ2) is 27.7. The van der Waals surface area contributed by atoms with Crippen LogP contribution in [0.25, 0.3) is 0 Å². The highest BCUT2D eigenvalue weighted by atomic mass is 16.7. The number of rotatable bonds is 19. The van der Waals surface area contributed by atoms with Crippen LogP contribution in [0.3, 0.4) is 0 Å². The summed E-state index contributed by atoms with van der Waals surface area (Å²) in [4.78, 5) is 86.4. The summed E-state index contributed by atoms with van der Waals surface area (Å²) in [5.41, 5.74) is 8.31. The number of hydrogen-bond acceptors (Lipinski definition) is 20. The number of carbonyl (C=O) groups is 2. The number of hydrogen-bond donors (Lipinski definition) is 9. The van der Waals surface area contributed by atoms with Gasteiger partial charge < -0.3 is 45.4 Å². The van der Waals surface area contributed by atoms with Gasteiger partial charge in [-0.25, -0.2) is 24.4 Å². The van der Waals surface area contributed by atoms with E-state index in [4.69, 9.17) is 31.7 Å². The van der Waals surface area contributed by atoms with Gasteiger partial charge in [-0.15, -0.1) is 9.97 Å². The van der Waals surface area contributed by atoms with Crippen molar-refractivity contribution in [2.45, 2.75) is 32.9 Å². The quantitative estimate of drug-likeness (QED) is 0.0129. The molecule has 51 heavy (non-hydrogen) atoms. The molecule has 0 bridgehead atoms. The molecule has 2 heterocycles. The first-order valence-corrected chi connectivity index (χ1v) is 14.0. The van der Waals surface area contributed by atoms with Crippen molar-refractivity contribution in [2.75, 3.05) is 57.7 Å². The van der Waals surface area contributed by atoms with Crippen LogP contribution < -0.4 is 38.3 Å². The number of ether oxygens (including phenoxy) is 1. The molecule has 0 saturated heterocycles. The average molecular weight is 720 g/mol. The van der Waals surface area contributed by atoms with Gasteiger partial charge in [0.15, 0.2) is 13.0 Å². The Hall–Kier alpha value is -5.05. The van der Waals surface area contributed by atoms with E-state index in [0.29, 0.717) is 22.7 Å². The molecule has 0 aromatic carbocycles. The normalized spacial score (nSPS) is 10.7. The molecule has 28 heteroatoms. The van der Waals surface area contributed by atoms with E-state index in [0.717, 1.165) is 0 Å². The van der Waals surface area contributed by atoms with Crippen LogP contribution in [0.4, 0.5) is 21.5 Å². The minimum absolute atomic E-state index is 0.0450. The number of nitrogens with two attached hydrogens (primary N) is 1. The van der Waals surface area contributed by atoms with Crippen molar-refractivity contribution in [1.82, 2.24) is 41.1 Å². The molecule has 2 rings (SSSR count). The first-order valence-electron chi connectivity index (χ1n) is 14.0. The van der Waals surface area contributed by atoms with E-state index >= 15 is 0 Å². The summed E-state index contributed by atoms with van der Waals surface area (Å²) in [5, 5.41) is 27.7. The van der Waals surface area contributed by atoms with Gasteiger partial charge in [-0.1, -0.05) is 0 Å². The molecule has 10 N–H and O–H groups in total. The number of urea groups is 1. The number of aryl methyl sites for hydroxylation is 2. The minimum Gasteiger partial charge on any atom is -0.449 e.